The third kappa shape index (κ3) is 3.71. The summed E-state index contributed by atoms with van der Waals surface area (Å²) in [5.41, 5.74) is -2.17. The van der Waals surface area contributed by atoms with Gasteiger partial charge in [0.25, 0.3) is 0 Å². The summed E-state index contributed by atoms with van der Waals surface area (Å²) in [7, 11) is 0. The molecule has 2 unspecified atom stereocenters. The number of carbonyl (C=O) groups is 1. The maximum atomic E-state index is 12.3. The maximum absolute atomic E-state index is 12.3. The number of esters is 1. The molecule has 0 aromatic carbocycles. The summed E-state index contributed by atoms with van der Waals surface area (Å²) < 4.78 is 10.4. The number of rotatable bonds is 4. The lowest BCUT2D eigenvalue weighted by Crippen LogP contribution is -2.67. The lowest BCUT2D eigenvalue weighted by Gasteiger charge is -2.48. The highest BCUT2D eigenvalue weighted by molar-refractivity contribution is 5.77. The van der Waals surface area contributed by atoms with Crippen molar-refractivity contribution in [2.45, 2.75) is 56.1 Å². The Bertz CT molecular complexity index is 556. The van der Waals surface area contributed by atoms with Crippen molar-refractivity contribution in [3.63, 3.8) is 0 Å². The van der Waals surface area contributed by atoms with Gasteiger partial charge >= 0.3 is 5.97 Å². The quantitative estimate of drug-likeness (QED) is 0.316. The van der Waals surface area contributed by atoms with Crippen LogP contribution in [-0.4, -0.2) is 85.4 Å². The number of aliphatic hydroxyl groups is 6. The molecule has 9 heteroatoms. The van der Waals surface area contributed by atoms with E-state index in [4.69, 9.17) is 9.47 Å². The summed E-state index contributed by atoms with van der Waals surface area (Å²) in [5.74, 6) is -2.59. The monoisotopic (exact) mass is 360 g/mol. The van der Waals surface area contributed by atoms with Gasteiger partial charge in [0.2, 0.25) is 0 Å². The van der Waals surface area contributed by atoms with Gasteiger partial charge in [-0.15, -0.1) is 0 Å². The molecule has 2 rings (SSSR count). The molecule has 1 fully saturated rings. The van der Waals surface area contributed by atoms with Gasteiger partial charge in [-0.2, -0.15) is 0 Å². The first kappa shape index (κ1) is 19.8. The molecular weight excluding hydrogens is 336 g/mol. The molecule has 0 spiro atoms. The fourth-order valence-corrected chi connectivity index (χ4v) is 3.00. The highest BCUT2D eigenvalue weighted by Gasteiger charge is 2.56. The van der Waals surface area contributed by atoms with Crippen molar-refractivity contribution in [2.24, 2.45) is 5.92 Å². The minimum atomic E-state index is -2.17. The van der Waals surface area contributed by atoms with E-state index in [1.807, 2.05) is 0 Å². The molecular formula is C16H24O9. The van der Waals surface area contributed by atoms with Crippen LogP contribution in [-0.2, 0) is 14.3 Å². The molecule has 1 aliphatic heterocycles. The third-order valence-corrected chi connectivity index (χ3v) is 4.31. The molecule has 0 amide bonds. The van der Waals surface area contributed by atoms with Crippen molar-refractivity contribution in [3.05, 3.63) is 24.0 Å². The highest BCUT2D eigenvalue weighted by atomic mass is 16.6. The molecule has 0 saturated carbocycles. The molecule has 0 radical (unpaired) electrons. The van der Waals surface area contributed by atoms with E-state index in [-0.39, 0.29) is 5.76 Å². The van der Waals surface area contributed by atoms with Crippen LogP contribution < -0.4 is 0 Å². The largest absolute Gasteiger partial charge is 0.508 e. The van der Waals surface area contributed by atoms with Crippen molar-refractivity contribution < 1.29 is 44.9 Å². The zero-order valence-electron chi connectivity index (χ0n) is 13.9. The van der Waals surface area contributed by atoms with Crippen LogP contribution in [0.4, 0.5) is 0 Å². The number of carbonyl (C=O) groups excluding carboxylic acids is 1. The minimum Gasteiger partial charge on any atom is -0.508 e. The summed E-state index contributed by atoms with van der Waals surface area (Å²) in [6.45, 7) is 2.53. The van der Waals surface area contributed by atoms with E-state index in [1.54, 1.807) is 13.8 Å². The number of ether oxygens (including phenoxy) is 2. The second kappa shape index (κ2) is 7.40. The maximum Gasteiger partial charge on any atom is 0.316 e. The van der Waals surface area contributed by atoms with Gasteiger partial charge < -0.3 is 40.1 Å². The third-order valence-electron chi connectivity index (χ3n) is 4.31. The van der Waals surface area contributed by atoms with Crippen LogP contribution >= 0.6 is 0 Å². The van der Waals surface area contributed by atoms with E-state index in [0.29, 0.717) is 0 Å². The standard InChI is InChI=1S/C16H24O9/c1-7(2)24-15(22)9-5-8(18)3-4-16(9,23)14-13(21)12(20)11(19)10(6-17)25-14/h3-5,7,9-14,17-21,23H,6H2,1-2H3/t9?,10-,11-,12+,13-,14-,16?/m1/s1. The van der Waals surface area contributed by atoms with Crippen LogP contribution in [0.3, 0.4) is 0 Å². The summed E-state index contributed by atoms with van der Waals surface area (Å²) in [6, 6.07) is 0. The van der Waals surface area contributed by atoms with Gasteiger partial charge in [-0.3, -0.25) is 4.79 Å². The molecule has 25 heavy (non-hydrogen) atoms. The number of aliphatic hydroxyl groups excluding tert-OH is 5. The van der Waals surface area contributed by atoms with E-state index in [2.05, 4.69) is 0 Å². The molecule has 1 aliphatic carbocycles. The summed E-state index contributed by atoms with van der Waals surface area (Å²) in [6.07, 6.45) is -5.15. The molecule has 1 heterocycles. The Balaban J connectivity index is 2.38. The molecule has 0 aromatic rings. The summed E-state index contributed by atoms with van der Waals surface area (Å²) in [4.78, 5) is 12.3. The van der Waals surface area contributed by atoms with E-state index < -0.39 is 60.7 Å². The fraction of sp³-hybridized carbons (Fsp3) is 0.688. The Morgan fingerprint density at radius 3 is 2.48 bits per heavy atom. The van der Waals surface area contributed by atoms with E-state index >= 15 is 0 Å². The van der Waals surface area contributed by atoms with Crippen molar-refractivity contribution in [3.8, 4) is 0 Å². The Hall–Kier alpha value is -1.49. The molecule has 6 N–H and O–H groups in total. The molecule has 9 nitrogen and oxygen atoms in total. The molecule has 0 aromatic heterocycles. The molecule has 2 aliphatic rings. The van der Waals surface area contributed by atoms with Crippen LogP contribution in [0.2, 0.25) is 0 Å². The van der Waals surface area contributed by atoms with Crippen molar-refractivity contribution >= 4 is 5.97 Å². The van der Waals surface area contributed by atoms with Crippen LogP contribution in [0, 0.1) is 5.92 Å². The average molecular weight is 360 g/mol. The Labute approximate surface area is 144 Å². The van der Waals surface area contributed by atoms with Gasteiger partial charge in [0.05, 0.1) is 12.7 Å². The Morgan fingerprint density at radius 2 is 1.92 bits per heavy atom. The smallest absolute Gasteiger partial charge is 0.316 e. The summed E-state index contributed by atoms with van der Waals surface area (Å²) in [5, 5.41) is 60.0. The summed E-state index contributed by atoms with van der Waals surface area (Å²) >= 11 is 0. The zero-order chi connectivity index (χ0) is 18.9. The van der Waals surface area contributed by atoms with Crippen LogP contribution in [0.25, 0.3) is 0 Å². The zero-order valence-corrected chi connectivity index (χ0v) is 13.9. The second-order valence-electron chi connectivity index (χ2n) is 6.52. The van der Waals surface area contributed by atoms with Crippen LogP contribution in [0.15, 0.2) is 24.0 Å². The van der Waals surface area contributed by atoms with Crippen molar-refractivity contribution in [1.82, 2.24) is 0 Å². The molecule has 0 bridgehead atoms. The van der Waals surface area contributed by atoms with E-state index in [9.17, 15) is 35.4 Å². The molecule has 7 atom stereocenters. The van der Waals surface area contributed by atoms with Gasteiger partial charge in [0, 0.05) is 0 Å². The first-order chi connectivity index (χ1) is 11.6. The predicted molar refractivity (Wildman–Crippen MR) is 83.3 cm³/mol. The topological polar surface area (TPSA) is 157 Å². The molecule has 1 saturated heterocycles. The second-order valence-corrected chi connectivity index (χ2v) is 6.52. The predicted octanol–water partition coefficient (Wildman–Crippen LogP) is -1.86. The van der Waals surface area contributed by atoms with Gasteiger partial charge in [0.1, 0.15) is 47.8 Å². The fourth-order valence-electron chi connectivity index (χ4n) is 3.00. The Kier molecular flexibility index (Phi) is 5.87. The van der Waals surface area contributed by atoms with Gasteiger partial charge in [-0.05, 0) is 32.1 Å². The lowest BCUT2D eigenvalue weighted by molar-refractivity contribution is -0.267. The number of hydrogen-bond donors (Lipinski definition) is 6. The average Bonchev–Trinajstić information content (AvgIpc) is 2.54. The van der Waals surface area contributed by atoms with Crippen LogP contribution in [0.1, 0.15) is 13.8 Å². The number of allylic oxidation sites excluding steroid dienone is 1. The van der Waals surface area contributed by atoms with Crippen molar-refractivity contribution in [1.29, 1.82) is 0 Å². The molecule has 142 valence electrons. The van der Waals surface area contributed by atoms with Gasteiger partial charge in [0.15, 0.2) is 0 Å². The van der Waals surface area contributed by atoms with E-state index in [1.165, 1.54) is 0 Å². The Morgan fingerprint density at radius 1 is 1.28 bits per heavy atom. The SMILES string of the molecule is CC(C)OC(=O)C1C=C(O)C=CC1(O)[C@@H]1O[C@H](CO)[C@@H](O)[C@H](O)[C@H]1O. The van der Waals surface area contributed by atoms with Crippen molar-refractivity contribution in [2.75, 3.05) is 6.61 Å². The lowest BCUT2D eigenvalue weighted by atomic mass is 9.74. The number of hydrogen-bond acceptors (Lipinski definition) is 9. The van der Waals surface area contributed by atoms with Gasteiger partial charge in [-0.25, -0.2) is 0 Å². The normalized spacial score (nSPS) is 41.5. The van der Waals surface area contributed by atoms with E-state index in [0.717, 1.165) is 18.2 Å². The first-order valence-corrected chi connectivity index (χ1v) is 7.95. The first-order valence-electron chi connectivity index (χ1n) is 7.95. The van der Waals surface area contributed by atoms with Crippen LogP contribution in [0.5, 0.6) is 0 Å². The minimum absolute atomic E-state index is 0.292. The van der Waals surface area contributed by atoms with Gasteiger partial charge in [-0.1, -0.05) is 0 Å². The highest BCUT2D eigenvalue weighted by Crippen LogP contribution is 2.38.